The molecule has 0 saturated heterocycles. The lowest BCUT2D eigenvalue weighted by Crippen LogP contribution is -2.24. The number of thiol groups is 1. The summed E-state index contributed by atoms with van der Waals surface area (Å²) in [5, 5.41) is 12.4. The number of unbranched alkanes of at least 4 members (excludes halogenated alkanes) is 3. The second-order valence-electron chi connectivity index (χ2n) is 6.09. The molecule has 2 N–H and O–H groups in total. The van der Waals surface area contributed by atoms with E-state index in [0.29, 0.717) is 12.2 Å². The number of nitrogens with one attached hydrogen (secondary N) is 2. The number of rotatable bonds is 8. The van der Waals surface area contributed by atoms with E-state index in [1.807, 2.05) is 30.3 Å². The summed E-state index contributed by atoms with van der Waals surface area (Å²) in [4.78, 5) is 12.2. The Morgan fingerprint density at radius 2 is 1.84 bits per heavy atom. The number of carbonyl (C=O) groups excluding carboxylic acids is 1. The Morgan fingerprint density at radius 3 is 2.72 bits per heavy atom. The summed E-state index contributed by atoms with van der Waals surface area (Å²) in [6.07, 6.45) is 4.40. The molecule has 4 nitrogen and oxygen atoms in total. The van der Waals surface area contributed by atoms with E-state index in [2.05, 4.69) is 46.3 Å². The average Bonchev–Trinajstić information content (AvgIpc) is 3.14. The molecular formula is C20H23N3OS. The number of hydrogen-bond donors (Lipinski definition) is 3. The third-order valence-corrected chi connectivity index (χ3v) is 4.57. The van der Waals surface area contributed by atoms with Crippen molar-refractivity contribution in [1.29, 1.82) is 0 Å². The maximum absolute atomic E-state index is 12.2. The van der Waals surface area contributed by atoms with Crippen LogP contribution in [0.3, 0.4) is 0 Å². The number of hydrogen-bond acceptors (Lipinski definition) is 3. The van der Waals surface area contributed by atoms with Gasteiger partial charge >= 0.3 is 0 Å². The van der Waals surface area contributed by atoms with E-state index in [-0.39, 0.29) is 5.91 Å². The fraction of sp³-hybridized carbons (Fsp3) is 0.300. The highest BCUT2D eigenvalue weighted by atomic mass is 32.1. The maximum Gasteiger partial charge on any atom is 0.269 e. The zero-order valence-electron chi connectivity index (χ0n) is 14.2. The number of fused-ring (bicyclic) bond motifs is 1. The van der Waals surface area contributed by atoms with Crippen molar-refractivity contribution in [3.8, 4) is 11.3 Å². The lowest BCUT2D eigenvalue weighted by atomic mass is 10.0. The van der Waals surface area contributed by atoms with E-state index in [9.17, 15) is 4.79 Å². The molecule has 3 rings (SSSR count). The lowest BCUT2D eigenvalue weighted by molar-refractivity contribution is 0.0948. The van der Waals surface area contributed by atoms with Gasteiger partial charge in [-0.05, 0) is 35.4 Å². The summed E-state index contributed by atoms with van der Waals surface area (Å²) in [7, 11) is 0. The number of aromatic nitrogens is 2. The number of amides is 1. The largest absolute Gasteiger partial charge is 0.351 e. The highest BCUT2D eigenvalue weighted by Crippen LogP contribution is 2.27. The van der Waals surface area contributed by atoms with Crippen LogP contribution in [0.25, 0.3) is 22.0 Å². The van der Waals surface area contributed by atoms with Gasteiger partial charge in [0.25, 0.3) is 5.91 Å². The quantitative estimate of drug-likeness (QED) is 0.414. The highest BCUT2D eigenvalue weighted by molar-refractivity contribution is 7.80. The molecular weight excluding hydrogens is 330 g/mol. The van der Waals surface area contributed by atoms with E-state index in [0.717, 1.165) is 53.5 Å². The Hall–Kier alpha value is -2.27. The van der Waals surface area contributed by atoms with Gasteiger partial charge in [-0.2, -0.15) is 17.7 Å². The zero-order chi connectivity index (χ0) is 17.5. The Balaban J connectivity index is 1.65. The Labute approximate surface area is 153 Å². The van der Waals surface area contributed by atoms with Crippen LogP contribution in [-0.4, -0.2) is 28.4 Å². The van der Waals surface area contributed by atoms with Crippen molar-refractivity contribution in [2.75, 3.05) is 12.3 Å². The van der Waals surface area contributed by atoms with Gasteiger partial charge in [0.05, 0.1) is 5.69 Å². The second kappa shape index (κ2) is 8.72. The molecule has 0 spiro atoms. The van der Waals surface area contributed by atoms with Crippen molar-refractivity contribution in [3.63, 3.8) is 0 Å². The minimum atomic E-state index is -0.104. The molecule has 3 aromatic rings. The molecule has 0 saturated carbocycles. The van der Waals surface area contributed by atoms with Crippen molar-refractivity contribution in [1.82, 2.24) is 15.5 Å². The Morgan fingerprint density at radius 1 is 1.04 bits per heavy atom. The van der Waals surface area contributed by atoms with E-state index >= 15 is 0 Å². The standard InChI is InChI=1S/C20H23N3OS/c24-20(21-12-5-1-2-6-13-25)19-14-18(22-23-19)17-11-7-9-15-8-3-4-10-16(15)17/h3-4,7-11,14,25H,1-2,5-6,12-13H2,(H,21,24)(H,22,23). The minimum absolute atomic E-state index is 0.104. The van der Waals surface area contributed by atoms with Gasteiger partial charge in [0.2, 0.25) is 0 Å². The topological polar surface area (TPSA) is 57.8 Å². The normalized spacial score (nSPS) is 10.9. The third-order valence-electron chi connectivity index (χ3n) is 4.26. The first kappa shape index (κ1) is 17.5. The van der Waals surface area contributed by atoms with Gasteiger partial charge in [-0.15, -0.1) is 0 Å². The zero-order valence-corrected chi connectivity index (χ0v) is 15.1. The first-order valence-corrected chi connectivity index (χ1v) is 9.35. The van der Waals surface area contributed by atoms with E-state index in [4.69, 9.17) is 0 Å². The molecule has 0 aliphatic heterocycles. The molecule has 0 radical (unpaired) electrons. The number of aromatic amines is 1. The molecule has 0 atom stereocenters. The summed E-state index contributed by atoms with van der Waals surface area (Å²) in [5.41, 5.74) is 2.31. The Kier molecular flexibility index (Phi) is 6.12. The highest BCUT2D eigenvalue weighted by Gasteiger charge is 2.12. The molecule has 0 aliphatic rings. The monoisotopic (exact) mass is 353 g/mol. The first-order chi connectivity index (χ1) is 12.3. The predicted octanol–water partition coefficient (Wildman–Crippen LogP) is 4.45. The summed E-state index contributed by atoms with van der Waals surface area (Å²) in [6.45, 7) is 0.689. The van der Waals surface area contributed by atoms with Crippen LogP contribution in [0.1, 0.15) is 36.2 Å². The molecule has 1 amide bonds. The fourth-order valence-corrected chi connectivity index (χ4v) is 3.14. The van der Waals surface area contributed by atoms with Crippen LogP contribution in [0.2, 0.25) is 0 Å². The molecule has 5 heteroatoms. The van der Waals surface area contributed by atoms with Gasteiger partial charge in [0, 0.05) is 12.1 Å². The molecule has 0 unspecified atom stereocenters. The van der Waals surface area contributed by atoms with Crippen LogP contribution in [0.15, 0.2) is 48.5 Å². The number of carbonyl (C=O) groups is 1. The number of benzene rings is 2. The predicted molar refractivity (Wildman–Crippen MR) is 106 cm³/mol. The molecule has 0 fully saturated rings. The van der Waals surface area contributed by atoms with Gasteiger partial charge in [0.15, 0.2) is 0 Å². The van der Waals surface area contributed by atoms with Crippen LogP contribution in [0.5, 0.6) is 0 Å². The van der Waals surface area contributed by atoms with Crippen LogP contribution in [0, 0.1) is 0 Å². The maximum atomic E-state index is 12.2. The Bertz CT molecular complexity index is 838. The molecule has 1 aromatic heterocycles. The summed E-state index contributed by atoms with van der Waals surface area (Å²) in [6, 6.07) is 16.1. The van der Waals surface area contributed by atoms with Gasteiger partial charge in [-0.3, -0.25) is 9.89 Å². The van der Waals surface area contributed by atoms with Gasteiger partial charge < -0.3 is 5.32 Å². The van der Waals surface area contributed by atoms with Crippen molar-refractivity contribution >= 4 is 29.3 Å². The minimum Gasteiger partial charge on any atom is -0.351 e. The SMILES string of the molecule is O=C(NCCCCCCS)c1cc(-c2cccc3ccccc23)n[nH]1. The average molecular weight is 353 g/mol. The molecule has 1 heterocycles. The summed E-state index contributed by atoms with van der Waals surface area (Å²) >= 11 is 4.20. The molecule has 0 bridgehead atoms. The van der Waals surface area contributed by atoms with Crippen molar-refractivity contribution in [3.05, 3.63) is 54.2 Å². The van der Waals surface area contributed by atoms with Crippen LogP contribution in [0.4, 0.5) is 0 Å². The van der Waals surface area contributed by atoms with Crippen LogP contribution < -0.4 is 5.32 Å². The second-order valence-corrected chi connectivity index (χ2v) is 6.53. The lowest BCUT2D eigenvalue weighted by Gasteiger charge is -2.03. The van der Waals surface area contributed by atoms with Crippen molar-refractivity contribution in [2.24, 2.45) is 0 Å². The summed E-state index contributed by atoms with van der Waals surface area (Å²) < 4.78 is 0. The molecule has 25 heavy (non-hydrogen) atoms. The van der Waals surface area contributed by atoms with Gasteiger partial charge in [-0.1, -0.05) is 55.3 Å². The molecule has 2 aromatic carbocycles. The fourth-order valence-electron chi connectivity index (χ4n) is 2.91. The van der Waals surface area contributed by atoms with Crippen molar-refractivity contribution < 1.29 is 4.79 Å². The van der Waals surface area contributed by atoms with Crippen LogP contribution >= 0.6 is 12.6 Å². The molecule has 130 valence electrons. The summed E-state index contributed by atoms with van der Waals surface area (Å²) in [5.74, 6) is 0.824. The van der Waals surface area contributed by atoms with Gasteiger partial charge in [0.1, 0.15) is 5.69 Å². The smallest absolute Gasteiger partial charge is 0.269 e. The van der Waals surface area contributed by atoms with E-state index < -0.39 is 0 Å². The van der Waals surface area contributed by atoms with E-state index in [1.54, 1.807) is 0 Å². The number of H-pyrrole nitrogens is 1. The van der Waals surface area contributed by atoms with Crippen molar-refractivity contribution in [2.45, 2.75) is 25.7 Å². The van der Waals surface area contributed by atoms with Crippen LogP contribution in [-0.2, 0) is 0 Å². The van der Waals surface area contributed by atoms with E-state index in [1.165, 1.54) is 0 Å². The van der Waals surface area contributed by atoms with Gasteiger partial charge in [-0.25, -0.2) is 0 Å². The first-order valence-electron chi connectivity index (χ1n) is 8.72. The number of nitrogens with zero attached hydrogens (tertiary/aromatic N) is 1. The molecule has 0 aliphatic carbocycles. The third kappa shape index (κ3) is 4.42.